The molecule has 1 unspecified atom stereocenters. The number of benzene rings is 1. The molecule has 23 heavy (non-hydrogen) atoms. The molecule has 0 spiro atoms. The van der Waals surface area contributed by atoms with Gasteiger partial charge in [0.25, 0.3) is 5.91 Å². The highest BCUT2D eigenvalue weighted by Crippen LogP contribution is 2.22. The zero-order valence-corrected chi connectivity index (χ0v) is 12.3. The van der Waals surface area contributed by atoms with Crippen molar-refractivity contribution in [1.82, 2.24) is 9.88 Å². The number of carboxylic acid groups (broad SMARTS) is 1. The highest BCUT2D eigenvalue weighted by molar-refractivity contribution is 5.96. The number of carboxylic acids is 1. The molecule has 1 amide bonds. The van der Waals surface area contributed by atoms with Gasteiger partial charge in [-0.3, -0.25) is 9.78 Å². The summed E-state index contributed by atoms with van der Waals surface area (Å²) in [5.41, 5.74) is 1.72. The van der Waals surface area contributed by atoms with Gasteiger partial charge in [0, 0.05) is 18.3 Å². The molecule has 0 bridgehead atoms. The highest BCUT2D eigenvalue weighted by atomic mass is 19.1. The molecular formula is C17H15FN2O3. The lowest BCUT2D eigenvalue weighted by atomic mass is 10.1. The Labute approximate surface area is 132 Å². The van der Waals surface area contributed by atoms with E-state index in [-0.39, 0.29) is 11.7 Å². The molecule has 3 rings (SSSR count). The Morgan fingerprint density at radius 1 is 1.17 bits per heavy atom. The fourth-order valence-electron chi connectivity index (χ4n) is 2.74. The van der Waals surface area contributed by atoms with Crippen LogP contribution in [0.5, 0.6) is 0 Å². The van der Waals surface area contributed by atoms with E-state index in [1.165, 1.54) is 23.2 Å². The molecule has 1 aromatic carbocycles. The van der Waals surface area contributed by atoms with E-state index in [0.29, 0.717) is 30.6 Å². The summed E-state index contributed by atoms with van der Waals surface area (Å²) >= 11 is 0. The molecule has 2 aromatic rings. The third kappa shape index (κ3) is 3.06. The number of hydrogen-bond donors (Lipinski definition) is 1. The molecule has 5 nitrogen and oxygen atoms in total. The van der Waals surface area contributed by atoms with Gasteiger partial charge in [-0.05, 0) is 49.2 Å². The predicted molar refractivity (Wildman–Crippen MR) is 81.3 cm³/mol. The summed E-state index contributed by atoms with van der Waals surface area (Å²) in [5, 5.41) is 9.15. The Balaban J connectivity index is 1.80. The third-order valence-corrected chi connectivity index (χ3v) is 3.95. The van der Waals surface area contributed by atoms with E-state index in [9.17, 15) is 14.0 Å². The second kappa shape index (κ2) is 6.16. The van der Waals surface area contributed by atoms with Gasteiger partial charge in [0.1, 0.15) is 11.9 Å². The molecule has 1 saturated heterocycles. The van der Waals surface area contributed by atoms with Crippen LogP contribution in [0.25, 0.3) is 11.3 Å². The molecule has 0 aliphatic carbocycles. The first-order chi connectivity index (χ1) is 11.1. The lowest BCUT2D eigenvalue weighted by Crippen LogP contribution is -2.40. The van der Waals surface area contributed by atoms with Crippen molar-refractivity contribution in [2.24, 2.45) is 0 Å². The maximum absolute atomic E-state index is 12.9. The number of carbonyl (C=O) groups excluding carboxylic acids is 1. The number of aromatic nitrogens is 1. The number of rotatable bonds is 3. The first kappa shape index (κ1) is 15.1. The quantitative estimate of drug-likeness (QED) is 0.945. The number of carbonyl (C=O) groups is 2. The molecular weight excluding hydrogens is 299 g/mol. The molecule has 118 valence electrons. The Morgan fingerprint density at radius 3 is 2.52 bits per heavy atom. The monoisotopic (exact) mass is 314 g/mol. The van der Waals surface area contributed by atoms with E-state index >= 15 is 0 Å². The van der Waals surface area contributed by atoms with Crippen LogP contribution in [0.1, 0.15) is 23.2 Å². The molecule has 1 aromatic heterocycles. The number of likely N-dealkylation sites (tertiary alicyclic amines) is 1. The summed E-state index contributed by atoms with van der Waals surface area (Å²) in [6, 6.07) is 8.44. The fourth-order valence-corrected chi connectivity index (χ4v) is 2.74. The van der Waals surface area contributed by atoms with Gasteiger partial charge in [-0.15, -0.1) is 0 Å². The van der Waals surface area contributed by atoms with Crippen molar-refractivity contribution in [2.75, 3.05) is 6.54 Å². The number of hydrogen-bond acceptors (Lipinski definition) is 3. The molecule has 1 N–H and O–H groups in total. The summed E-state index contributed by atoms with van der Waals surface area (Å²) in [7, 11) is 0. The Bertz CT molecular complexity index is 729. The topological polar surface area (TPSA) is 70.5 Å². The SMILES string of the molecule is O=C(O)C1CCCN1C(=O)c1ccc(-c2ccc(F)cc2)nc1. The van der Waals surface area contributed by atoms with Crippen LogP contribution in [-0.2, 0) is 4.79 Å². The van der Waals surface area contributed by atoms with E-state index in [2.05, 4.69) is 4.98 Å². The van der Waals surface area contributed by atoms with E-state index in [0.717, 1.165) is 5.56 Å². The summed E-state index contributed by atoms with van der Waals surface area (Å²) in [6.07, 6.45) is 2.59. The van der Waals surface area contributed by atoms with E-state index < -0.39 is 12.0 Å². The number of nitrogens with zero attached hydrogens (tertiary/aromatic N) is 2. The van der Waals surface area contributed by atoms with Crippen molar-refractivity contribution < 1.29 is 19.1 Å². The van der Waals surface area contributed by atoms with Crippen LogP contribution in [0.4, 0.5) is 4.39 Å². The van der Waals surface area contributed by atoms with E-state index in [1.54, 1.807) is 24.3 Å². The Kier molecular flexibility index (Phi) is 4.06. The number of amides is 1. The molecule has 2 heterocycles. The van der Waals surface area contributed by atoms with Crippen molar-refractivity contribution in [3.63, 3.8) is 0 Å². The van der Waals surface area contributed by atoms with Gasteiger partial charge < -0.3 is 10.0 Å². The largest absolute Gasteiger partial charge is 0.480 e. The maximum Gasteiger partial charge on any atom is 0.326 e. The van der Waals surface area contributed by atoms with Gasteiger partial charge in [0.15, 0.2) is 0 Å². The lowest BCUT2D eigenvalue weighted by Gasteiger charge is -2.21. The molecule has 6 heteroatoms. The van der Waals surface area contributed by atoms with Crippen LogP contribution >= 0.6 is 0 Å². The smallest absolute Gasteiger partial charge is 0.326 e. The van der Waals surface area contributed by atoms with E-state index in [4.69, 9.17) is 5.11 Å². The van der Waals surface area contributed by atoms with Crippen LogP contribution in [0.3, 0.4) is 0 Å². The summed E-state index contributed by atoms with van der Waals surface area (Å²) in [6.45, 7) is 0.440. The lowest BCUT2D eigenvalue weighted by molar-refractivity contribution is -0.141. The summed E-state index contributed by atoms with van der Waals surface area (Å²) in [4.78, 5) is 29.2. The molecule has 0 saturated carbocycles. The third-order valence-electron chi connectivity index (χ3n) is 3.95. The molecule has 0 radical (unpaired) electrons. The molecule has 1 fully saturated rings. The minimum absolute atomic E-state index is 0.325. The van der Waals surface area contributed by atoms with Gasteiger partial charge in [0.2, 0.25) is 0 Å². The van der Waals surface area contributed by atoms with Gasteiger partial charge in [-0.1, -0.05) is 0 Å². The second-order valence-corrected chi connectivity index (χ2v) is 5.43. The average molecular weight is 314 g/mol. The van der Waals surface area contributed by atoms with E-state index in [1.807, 2.05) is 0 Å². The standard InChI is InChI=1S/C17H15FN2O3/c18-13-6-3-11(4-7-13)14-8-5-12(10-19-14)16(21)20-9-1-2-15(20)17(22)23/h3-8,10,15H,1-2,9H2,(H,22,23). The van der Waals surface area contributed by atoms with Crippen molar-refractivity contribution in [3.8, 4) is 11.3 Å². The summed E-state index contributed by atoms with van der Waals surface area (Å²) < 4.78 is 12.9. The normalized spacial score (nSPS) is 17.3. The van der Waals surface area contributed by atoms with Crippen LogP contribution in [-0.4, -0.2) is 39.5 Å². The zero-order valence-electron chi connectivity index (χ0n) is 12.3. The number of pyridine rings is 1. The van der Waals surface area contributed by atoms with Gasteiger partial charge in [0.05, 0.1) is 11.3 Å². The first-order valence-electron chi connectivity index (χ1n) is 7.32. The van der Waals surface area contributed by atoms with Crippen molar-refractivity contribution in [3.05, 3.63) is 54.0 Å². The molecule has 1 aliphatic rings. The summed E-state index contributed by atoms with van der Waals surface area (Å²) in [5.74, 6) is -1.63. The molecule has 1 atom stereocenters. The second-order valence-electron chi connectivity index (χ2n) is 5.43. The number of halogens is 1. The average Bonchev–Trinajstić information content (AvgIpc) is 3.05. The Morgan fingerprint density at radius 2 is 1.91 bits per heavy atom. The highest BCUT2D eigenvalue weighted by Gasteiger charge is 2.34. The minimum atomic E-state index is -0.980. The Hall–Kier alpha value is -2.76. The minimum Gasteiger partial charge on any atom is -0.480 e. The predicted octanol–water partition coefficient (Wildman–Crippen LogP) is 2.58. The van der Waals surface area contributed by atoms with Gasteiger partial charge in [-0.25, -0.2) is 9.18 Å². The van der Waals surface area contributed by atoms with Gasteiger partial charge in [-0.2, -0.15) is 0 Å². The number of aliphatic carboxylic acids is 1. The van der Waals surface area contributed by atoms with Gasteiger partial charge >= 0.3 is 5.97 Å². The first-order valence-corrected chi connectivity index (χ1v) is 7.32. The zero-order chi connectivity index (χ0) is 16.4. The van der Waals surface area contributed by atoms with Crippen molar-refractivity contribution >= 4 is 11.9 Å². The van der Waals surface area contributed by atoms with Crippen LogP contribution in [0, 0.1) is 5.82 Å². The van der Waals surface area contributed by atoms with Crippen LogP contribution in [0.15, 0.2) is 42.6 Å². The maximum atomic E-state index is 12.9. The van der Waals surface area contributed by atoms with Crippen LogP contribution < -0.4 is 0 Å². The van der Waals surface area contributed by atoms with Crippen LogP contribution in [0.2, 0.25) is 0 Å². The molecule has 1 aliphatic heterocycles. The van der Waals surface area contributed by atoms with Crippen molar-refractivity contribution in [2.45, 2.75) is 18.9 Å². The fraction of sp³-hybridized carbons (Fsp3) is 0.235. The van der Waals surface area contributed by atoms with Crippen molar-refractivity contribution in [1.29, 1.82) is 0 Å².